The van der Waals surface area contributed by atoms with Gasteiger partial charge in [-0.25, -0.2) is 4.39 Å². The Morgan fingerprint density at radius 1 is 1.29 bits per heavy atom. The van der Waals surface area contributed by atoms with Gasteiger partial charge in [0.25, 0.3) is 0 Å². The predicted octanol–water partition coefficient (Wildman–Crippen LogP) is 3.58. The maximum Gasteiger partial charge on any atom is 0.224 e. The van der Waals surface area contributed by atoms with Gasteiger partial charge in [-0.05, 0) is 42.7 Å². The number of benzene rings is 2. The van der Waals surface area contributed by atoms with Gasteiger partial charge >= 0.3 is 0 Å². The molecule has 1 amide bonds. The number of halogens is 1. The Kier molecular flexibility index (Phi) is 4.68. The van der Waals surface area contributed by atoms with E-state index in [1.165, 1.54) is 18.2 Å². The molecule has 0 saturated carbocycles. The second-order valence-corrected chi connectivity index (χ2v) is 4.78. The molecule has 0 unspecified atom stereocenters. The van der Waals surface area contributed by atoms with Crippen molar-refractivity contribution in [3.63, 3.8) is 0 Å². The highest BCUT2D eigenvalue weighted by Crippen LogP contribution is 2.15. The molecule has 0 radical (unpaired) electrons. The first-order valence-electron chi connectivity index (χ1n) is 6.64. The number of carbonyl (C=O) groups excluding carboxylic acids is 1. The summed E-state index contributed by atoms with van der Waals surface area (Å²) < 4.78 is 13.2. The maximum atomic E-state index is 13.2. The molecule has 0 bridgehead atoms. The Morgan fingerprint density at radius 3 is 2.76 bits per heavy atom. The maximum absolute atomic E-state index is 13.2. The van der Waals surface area contributed by atoms with Crippen molar-refractivity contribution in [1.82, 2.24) is 0 Å². The number of nitriles is 1. The largest absolute Gasteiger partial charge is 0.326 e. The number of anilines is 1. The van der Waals surface area contributed by atoms with Crippen LogP contribution < -0.4 is 5.32 Å². The third-order valence-corrected chi connectivity index (χ3v) is 3.25. The summed E-state index contributed by atoms with van der Waals surface area (Å²) in [5.74, 6) is -0.746. The molecule has 0 aliphatic carbocycles. The number of rotatable bonds is 4. The molecule has 0 aliphatic rings. The third kappa shape index (κ3) is 3.90. The fourth-order valence-corrected chi connectivity index (χ4v) is 2.05. The number of hydrogen-bond donors (Lipinski definition) is 1. The Bertz CT molecular complexity index is 704. The van der Waals surface area contributed by atoms with Crippen molar-refractivity contribution in [3.8, 4) is 6.07 Å². The van der Waals surface area contributed by atoms with Crippen LogP contribution in [0.5, 0.6) is 0 Å². The van der Waals surface area contributed by atoms with Crippen LogP contribution >= 0.6 is 0 Å². The highest BCUT2D eigenvalue weighted by Gasteiger charge is 2.07. The molecule has 0 atom stereocenters. The molecule has 4 heteroatoms. The molecule has 106 valence electrons. The topological polar surface area (TPSA) is 52.9 Å². The van der Waals surface area contributed by atoms with Gasteiger partial charge in [0.2, 0.25) is 5.91 Å². The van der Waals surface area contributed by atoms with Crippen molar-refractivity contribution in [2.75, 3.05) is 5.32 Å². The summed E-state index contributed by atoms with van der Waals surface area (Å²) in [4.78, 5) is 11.9. The average molecular weight is 282 g/mol. The van der Waals surface area contributed by atoms with E-state index in [1.807, 2.05) is 31.2 Å². The Labute approximate surface area is 123 Å². The molecule has 2 aromatic carbocycles. The zero-order chi connectivity index (χ0) is 15.2. The summed E-state index contributed by atoms with van der Waals surface area (Å²) >= 11 is 0. The SMILES string of the molecule is Cc1ccccc1CCC(=O)Nc1ccc(F)c(C#N)c1. The number of amides is 1. The first-order chi connectivity index (χ1) is 10.1. The lowest BCUT2D eigenvalue weighted by Gasteiger charge is -2.07. The monoisotopic (exact) mass is 282 g/mol. The smallest absolute Gasteiger partial charge is 0.224 e. The third-order valence-electron chi connectivity index (χ3n) is 3.25. The van der Waals surface area contributed by atoms with Gasteiger partial charge < -0.3 is 5.32 Å². The highest BCUT2D eigenvalue weighted by molar-refractivity contribution is 5.91. The Balaban J connectivity index is 1.96. The predicted molar refractivity (Wildman–Crippen MR) is 79.2 cm³/mol. The molecule has 2 rings (SSSR count). The lowest BCUT2D eigenvalue weighted by molar-refractivity contribution is -0.116. The first-order valence-corrected chi connectivity index (χ1v) is 6.64. The molecule has 0 aliphatic heterocycles. The standard InChI is InChI=1S/C17H15FN2O/c1-12-4-2-3-5-13(12)6-9-17(21)20-15-7-8-16(18)14(10-15)11-19/h2-5,7-8,10H,6,9H2,1H3,(H,20,21). The van der Waals surface area contributed by atoms with E-state index in [0.29, 0.717) is 18.5 Å². The van der Waals surface area contributed by atoms with E-state index in [1.54, 1.807) is 6.07 Å². The van der Waals surface area contributed by atoms with E-state index in [4.69, 9.17) is 5.26 Å². The fourth-order valence-electron chi connectivity index (χ4n) is 2.05. The molecule has 0 fully saturated rings. The summed E-state index contributed by atoms with van der Waals surface area (Å²) in [7, 11) is 0. The van der Waals surface area contributed by atoms with Gasteiger partial charge in [0.1, 0.15) is 11.9 Å². The number of nitrogens with zero attached hydrogens (tertiary/aromatic N) is 1. The van der Waals surface area contributed by atoms with Crippen molar-refractivity contribution in [2.24, 2.45) is 0 Å². The van der Waals surface area contributed by atoms with Crippen LogP contribution in [0.1, 0.15) is 23.1 Å². The summed E-state index contributed by atoms with van der Waals surface area (Å²) in [5, 5.41) is 11.4. The Morgan fingerprint density at radius 2 is 2.05 bits per heavy atom. The highest BCUT2D eigenvalue weighted by atomic mass is 19.1. The van der Waals surface area contributed by atoms with Gasteiger partial charge in [0.15, 0.2) is 0 Å². The second-order valence-electron chi connectivity index (χ2n) is 4.78. The molecule has 0 saturated heterocycles. The average Bonchev–Trinajstić information content (AvgIpc) is 2.48. The van der Waals surface area contributed by atoms with Gasteiger partial charge in [-0.15, -0.1) is 0 Å². The van der Waals surface area contributed by atoms with Crippen LogP contribution in [0.25, 0.3) is 0 Å². The van der Waals surface area contributed by atoms with Crippen LogP contribution in [-0.2, 0) is 11.2 Å². The van der Waals surface area contributed by atoms with Crippen LogP contribution in [0, 0.1) is 24.1 Å². The molecular formula is C17H15FN2O. The molecule has 3 nitrogen and oxygen atoms in total. The van der Waals surface area contributed by atoms with Crippen LogP contribution in [0.4, 0.5) is 10.1 Å². The molecule has 0 heterocycles. The zero-order valence-electron chi connectivity index (χ0n) is 11.7. The van der Waals surface area contributed by atoms with Gasteiger partial charge in [-0.3, -0.25) is 4.79 Å². The molecule has 0 spiro atoms. The lowest BCUT2D eigenvalue weighted by atomic mass is 10.0. The first kappa shape index (κ1) is 14.7. The number of carbonyl (C=O) groups is 1. The van der Waals surface area contributed by atoms with Gasteiger partial charge in [-0.1, -0.05) is 24.3 Å². The molecule has 0 aromatic heterocycles. The van der Waals surface area contributed by atoms with E-state index in [0.717, 1.165) is 11.1 Å². The quantitative estimate of drug-likeness (QED) is 0.932. The van der Waals surface area contributed by atoms with Gasteiger partial charge in [0.05, 0.1) is 5.56 Å². The van der Waals surface area contributed by atoms with Crippen molar-refractivity contribution < 1.29 is 9.18 Å². The van der Waals surface area contributed by atoms with E-state index >= 15 is 0 Å². The normalized spacial score (nSPS) is 9.95. The number of hydrogen-bond acceptors (Lipinski definition) is 2. The van der Waals surface area contributed by atoms with Gasteiger partial charge in [-0.2, -0.15) is 5.26 Å². The van der Waals surface area contributed by atoms with Crippen molar-refractivity contribution in [3.05, 3.63) is 65.0 Å². The summed E-state index contributed by atoms with van der Waals surface area (Å²) in [6.45, 7) is 2.01. The molecular weight excluding hydrogens is 267 g/mol. The minimum absolute atomic E-state index is 0.0771. The lowest BCUT2D eigenvalue weighted by Crippen LogP contribution is -2.12. The van der Waals surface area contributed by atoms with E-state index in [2.05, 4.69) is 5.32 Å². The van der Waals surface area contributed by atoms with E-state index in [-0.39, 0.29) is 11.5 Å². The van der Waals surface area contributed by atoms with Crippen molar-refractivity contribution >= 4 is 11.6 Å². The van der Waals surface area contributed by atoms with Crippen LogP contribution in [0.3, 0.4) is 0 Å². The molecule has 21 heavy (non-hydrogen) atoms. The van der Waals surface area contributed by atoms with Crippen LogP contribution in [0.2, 0.25) is 0 Å². The minimum Gasteiger partial charge on any atom is -0.326 e. The molecule has 1 N–H and O–H groups in total. The zero-order valence-corrected chi connectivity index (χ0v) is 11.7. The summed E-state index contributed by atoms with van der Waals surface area (Å²) in [6.07, 6.45) is 0.981. The summed E-state index contributed by atoms with van der Waals surface area (Å²) in [5.41, 5.74) is 2.64. The van der Waals surface area contributed by atoms with Crippen molar-refractivity contribution in [2.45, 2.75) is 19.8 Å². The van der Waals surface area contributed by atoms with E-state index < -0.39 is 5.82 Å². The minimum atomic E-state index is -0.588. The van der Waals surface area contributed by atoms with Crippen LogP contribution in [0.15, 0.2) is 42.5 Å². The van der Waals surface area contributed by atoms with Crippen molar-refractivity contribution in [1.29, 1.82) is 5.26 Å². The number of nitrogens with one attached hydrogen (secondary N) is 1. The molecule has 2 aromatic rings. The Hall–Kier alpha value is -2.67. The summed E-state index contributed by atoms with van der Waals surface area (Å²) in [6, 6.07) is 13.6. The fraction of sp³-hybridized carbons (Fsp3) is 0.176. The van der Waals surface area contributed by atoms with Gasteiger partial charge in [0, 0.05) is 12.1 Å². The van der Waals surface area contributed by atoms with Crippen LogP contribution in [-0.4, -0.2) is 5.91 Å². The second kappa shape index (κ2) is 6.67. The van der Waals surface area contributed by atoms with E-state index in [9.17, 15) is 9.18 Å². The number of aryl methyl sites for hydroxylation is 2.